The van der Waals surface area contributed by atoms with Crippen molar-refractivity contribution in [3.05, 3.63) is 16.5 Å². The first-order valence-corrected chi connectivity index (χ1v) is 8.49. The SMILES string of the molecule is CCC(COC)NS(=O)(=O)c1cc(C)c(CNC)s1. The summed E-state index contributed by atoms with van der Waals surface area (Å²) in [6.45, 7) is 4.91. The maximum Gasteiger partial charge on any atom is 0.250 e. The minimum absolute atomic E-state index is 0.190. The van der Waals surface area contributed by atoms with Gasteiger partial charge in [0, 0.05) is 24.6 Å². The van der Waals surface area contributed by atoms with Crippen LogP contribution in [0.15, 0.2) is 10.3 Å². The molecule has 110 valence electrons. The first-order valence-electron chi connectivity index (χ1n) is 6.19. The van der Waals surface area contributed by atoms with E-state index in [1.165, 1.54) is 11.3 Å². The molecular formula is C12H22N2O3S2. The first-order chi connectivity index (χ1) is 8.94. The second kappa shape index (κ2) is 7.35. The summed E-state index contributed by atoms with van der Waals surface area (Å²) in [5, 5.41) is 3.04. The van der Waals surface area contributed by atoms with E-state index in [4.69, 9.17) is 4.74 Å². The lowest BCUT2D eigenvalue weighted by Crippen LogP contribution is -2.37. The molecule has 0 amide bonds. The third-order valence-electron chi connectivity index (χ3n) is 2.78. The molecule has 0 spiro atoms. The summed E-state index contributed by atoms with van der Waals surface area (Å²) in [5.74, 6) is 0. The zero-order valence-electron chi connectivity index (χ0n) is 11.8. The van der Waals surface area contributed by atoms with Crippen molar-refractivity contribution in [1.29, 1.82) is 0 Å². The maximum absolute atomic E-state index is 12.3. The van der Waals surface area contributed by atoms with Crippen molar-refractivity contribution < 1.29 is 13.2 Å². The third kappa shape index (κ3) is 4.54. The van der Waals surface area contributed by atoms with Crippen LogP contribution in [0.25, 0.3) is 0 Å². The number of hydrogen-bond donors (Lipinski definition) is 2. The zero-order chi connectivity index (χ0) is 14.5. The molecule has 1 aromatic rings. The molecule has 0 aromatic carbocycles. The summed E-state index contributed by atoms with van der Waals surface area (Å²) in [5.41, 5.74) is 1.000. The highest BCUT2D eigenvalue weighted by atomic mass is 32.2. The van der Waals surface area contributed by atoms with Crippen molar-refractivity contribution in [3.63, 3.8) is 0 Å². The van der Waals surface area contributed by atoms with Gasteiger partial charge in [0.15, 0.2) is 0 Å². The zero-order valence-corrected chi connectivity index (χ0v) is 13.5. The minimum Gasteiger partial charge on any atom is -0.383 e. The number of rotatable bonds is 8. The van der Waals surface area contributed by atoms with Crippen LogP contribution in [0, 0.1) is 6.92 Å². The smallest absolute Gasteiger partial charge is 0.250 e. The summed E-state index contributed by atoms with van der Waals surface area (Å²) in [6.07, 6.45) is 0.695. The van der Waals surface area contributed by atoms with E-state index >= 15 is 0 Å². The Bertz CT molecular complexity index is 497. The molecule has 2 N–H and O–H groups in total. The van der Waals surface area contributed by atoms with Crippen LogP contribution in [0.3, 0.4) is 0 Å². The molecule has 0 saturated carbocycles. The molecule has 0 aliphatic heterocycles. The van der Waals surface area contributed by atoms with E-state index in [2.05, 4.69) is 10.0 Å². The van der Waals surface area contributed by atoms with Crippen molar-refractivity contribution in [2.45, 2.75) is 37.1 Å². The van der Waals surface area contributed by atoms with E-state index in [9.17, 15) is 8.42 Å². The van der Waals surface area contributed by atoms with Gasteiger partial charge in [0.1, 0.15) is 4.21 Å². The molecule has 0 fully saturated rings. The Hall–Kier alpha value is -0.470. The van der Waals surface area contributed by atoms with Crippen LogP contribution in [-0.4, -0.2) is 35.2 Å². The van der Waals surface area contributed by atoms with Crippen molar-refractivity contribution in [2.75, 3.05) is 20.8 Å². The Labute approximate surface area is 119 Å². The fraction of sp³-hybridized carbons (Fsp3) is 0.667. The van der Waals surface area contributed by atoms with Gasteiger partial charge >= 0.3 is 0 Å². The van der Waals surface area contributed by atoms with Crippen LogP contribution >= 0.6 is 11.3 Å². The topological polar surface area (TPSA) is 67.4 Å². The fourth-order valence-electron chi connectivity index (χ4n) is 1.67. The van der Waals surface area contributed by atoms with Gasteiger partial charge in [-0.05, 0) is 32.0 Å². The predicted octanol–water partition coefficient (Wildman–Crippen LogP) is 1.48. The van der Waals surface area contributed by atoms with Gasteiger partial charge < -0.3 is 10.1 Å². The lowest BCUT2D eigenvalue weighted by molar-refractivity contribution is 0.173. The van der Waals surface area contributed by atoms with Crippen molar-refractivity contribution in [1.82, 2.24) is 10.0 Å². The molecule has 19 heavy (non-hydrogen) atoms. The molecule has 1 rings (SSSR count). The molecule has 0 radical (unpaired) electrons. The Morgan fingerprint density at radius 2 is 2.16 bits per heavy atom. The molecule has 1 aromatic heterocycles. The standard InChI is InChI=1S/C12H22N2O3S2/c1-5-10(8-17-4)14-19(15,16)12-6-9(2)11(18-12)7-13-3/h6,10,13-14H,5,7-8H2,1-4H3. The van der Waals surface area contributed by atoms with Gasteiger partial charge in [-0.1, -0.05) is 6.92 Å². The molecule has 0 aliphatic rings. The number of aryl methyl sites for hydroxylation is 1. The van der Waals surface area contributed by atoms with Crippen molar-refractivity contribution in [3.8, 4) is 0 Å². The molecule has 0 saturated heterocycles. The molecule has 7 heteroatoms. The monoisotopic (exact) mass is 306 g/mol. The van der Waals surface area contributed by atoms with Crippen LogP contribution in [-0.2, 0) is 21.3 Å². The van der Waals surface area contributed by atoms with Crippen LogP contribution < -0.4 is 10.0 Å². The van der Waals surface area contributed by atoms with Gasteiger partial charge in [-0.15, -0.1) is 11.3 Å². The number of sulfonamides is 1. The van der Waals surface area contributed by atoms with Crippen molar-refractivity contribution >= 4 is 21.4 Å². The van der Waals surface area contributed by atoms with Gasteiger partial charge in [0.25, 0.3) is 0 Å². The normalized spacial score (nSPS) is 13.7. The number of nitrogens with one attached hydrogen (secondary N) is 2. The van der Waals surface area contributed by atoms with Crippen LogP contribution in [0.5, 0.6) is 0 Å². The highest BCUT2D eigenvalue weighted by Gasteiger charge is 2.22. The molecule has 1 heterocycles. The van der Waals surface area contributed by atoms with Gasteiger partial charge in [0.05, 0.1) is 6.61 Å². The van der Waals surface area contributed by atoms with Gasteiger partial charge in [-0.2, -0.15) is 0 Å². The summed E-state index contributed by atoms with van der Waals surface area (Å²) in [7, 11) is -0.0418. The third-order valence-corrected chi connectivity index (χ3v) is 6.01. The summed E-state index contributed by atoms with van der Waals surface area (Å²) in [4.78, 5) is 1.04. The van der Waals surface area contributed by atoms with E-state index in [0.717, 1.165) is 10.4 Å². The average molecular weight is 306 g/mol. The number of hydrogen-bond acceptors (Lipinski definition) is 5. The van der Waals surface area contributed by atoms with E-state index in [1.54, 1.807) is 13.2 Å². The Morgan fingerprint density at radius 1 is 1.47 bits per heavy atom. The molecule has 0 aliphatic carbocycles. The Balaban J connectivity index is 2.90. The van der Waals surface area contributed by atoms with E-state index in [-0.39, 0.29) is 6.04 Å². The van der Waals surface area contributed by atoms with Gasteiger partial charge in [-0.25, -0.2) is 13.1 Å². The predicted molar refractivity (Wildman–Crippen MR) is 78.1 cm³/mol. The summed E-state index contributed by atoms with van der Waals surface area (Å²) >= 11 is 1.31. The molecule has 5 nitrogen and oxygen atoms in total. The number of ether oxygens (including phenoxy) is 1. The van der Waals surface area contributed by atoms with E-state index < -0.39 is 10.0 Å². The lowest BCUT2D eigenvalue weighted by Gasteiger charge is -2.15. The maximum atomic E-state index is 12.3. The highest BCUT2D eigenvalue weighted by Crippen LogP contribution is 2.26. The molecule has 0 bridgehead atoms. The Kier molecular flexibility index (Phi) is 6.41. The minimum atomic E-state index is -3.45. The van der Waals surface area contributed by atoms with Gasteiger partial charge in [-0.3, -0.25) is 0 Å². The number of methoxy groups -OCH3 is 1. The first kappa shape index (κ1) is 16.6. The molecule has 1 unspecified atom stereocenters. The average Bonchev–Trinajstić information content (AvgIpc) is 2.72. The number of thiophene rings is 1. The van der Waals surface area contributed by atoms with E-state index in [0.29, 0.717) is 23.8 Å². The second-order valence-electron chi connectivity index (χ2n) is 4.38. The van der Waals surface area contributed by atoms with Crippen molar-refractivity contribution in [2.24, 2.45) is 0 Å². The quantitative estimate of drug-likeness (QED) is 0.763. The summed E-state index contributed by atoms with van der Waals surface area (Å²) in [6, 6.07) is 1.53. The largest absolute Gasteiger partial charge is 0.383 e. The van der Waals surface area contributed by atoms with Gasteiger partial charge in [0.2, 0.25) is 10.0 Å². The van der Waals surface area contributed by atoms with E-state index in [1.807, 2.05) is 20.9 Å². The van der Waals surface area contributed by atoms with Crippen LogP contribution in [0.2, 0.25) is 0 Å². The highest BCUT2D eigenvalue weighted by molar-refractivity contribution is 7.91. The van der Waals surface area contributed by atoms with Crippen LogP contribution in [0.4, 0.5) is 0 Å². The second-order valence-corrected chi connectivity index (χ2v) is 7.46. The van der Waals surface area contributed by atoms with Crippen LogP contribution in [0.1, 0.15) is 23.8 Å². The fourth-order valence-corrected chi connectivity index (χ4v) is 4.59. The molecule has 1 atom stereocenters. The molecular weight excluding hydrogens is 284 g/mol. The summed E-state index contributed by atoms with van der Waals surface area (Å²) < 4.78 is 32.6. The Morgan fingerprint density at radius 3 is 2.68 bits per heavy atom. The lowest BCUT2D eigenvalue weighted by atomic mass is 10.3.